The first-order chi connectivity index (χ1) is 9.58. The lowest BCUT2D eigenvalue weighted by Crippen LogP contribution is -2.18. The Morgan fingerprint density at radius 3 is 2.45 bits per heavy atom. The van der Waals surface area contributed by atoms with Crippen LogP contribution in [0.1, 0.15) is 0 Å². The Hall–Kier alpha value is -1.79. The summed E-state index contributed by atoms with van der Waals surface area (Å²) < 4.78 is 5.95. The maximum atomic E-state index is 9.70. The first-order valence-electron chi connectivity index (χ1n) is 5.79. The lowest BCUT2D eigenvalue weighted by atomic mass is 10.3. The largest absolute Gasteiger partial charge is 0.504 e. The topological polar surface area (TPSA) is 53.5 Å². The van der Waals surface area contributed by atoms with E-state index in [1.54, 1.807) is 18.2 Å². The van der Waals surface area contributed by atoms with Gasteiger partial charge in [-0.1, -0.05) is 22.0 Å². The van der Waals surface area contributed by atoms with Gasteiger partial charge in [0.1, 0.15) is 0 Å². The number of halogens is 1. The molecule has 0 fully saturated rings. The van der Waals surface area contributed by atoms with Crippen LogP contribution < -0.4 is 15.4 Å². The molecule has 6 heteroatoms. The number of phenolic OH excluding ortho intramolecular Hbond substituents is 1. The van der Waals surface area contributed by atoms with Crippen LogP contribution in [-0.4, -0.2) is 17.3 Å². The molecule has 0 radical (unpaired) electrons. The van der Waals surface area contributed by atoms with Crippen LogP contribution in [0.4, 0.5) is 11.4 Å². The van der Waals surface area contributed by atoms with Crippen molar-refractivity contribution in [3.8, 4) is 11.5 Å². The molecule has 20 heavy (non-hydrogen) atoms. The summed E-state index contributed by atoms with van der Waals surface area (Å²) in [6, 6.07) is 12.7. The molecule has 2 aromatic carbocycles. The van der Waals surface area contributed by atoms with E-state index in [4.69, 9.17) is 17.0 Å². The second-order valence-corrected chi connectivity index (χ2v) is 5.30. The SMILES string of the molecule is COc1ccc(NC(=S)Nc2cccc(Br)c2)cc1O. The van der Waals surface area contributed by atoms with E-state index in [1.807, 2.05) is 24.3 Å². The highest BCUT2D eigenvalue weighted by molar-refractivity contribution is 9.10. The first-order valence-corrected chi connectivity index (χ1v) is 6.99. The quantitative estimate of drug-likeness (QED) is 0.729. The molecule has 0 aliphatic heterocycles. The number of hydrogen-bond acceptors (Lipinski definition) is 3. The molecule has 0 saturated carbocycles. The van der Waals surface area contributed by atoms with Crippen LogP contribution in [0.3, 0.4) is 0 Å². The lowest BCUT2D eigenvalue weighted by Gasteiger charge is -2.12. The molecule has 4 nitrogen and oxygen atoms in total. The lowest BCUT2D eigenvalue weighted by molar-refractivity contribution is 0.373. The molecule has 0 amide bonds. The van der Waals surface area contributed by atoms with Crippen LogP contribution in [0.15, 0.2) is 46.9 Å². The van der Waals surface area contributed by atoms with Crippen LogP contribution >= 0.6 is 28.1 Å². The highest BCUT2D eigenvalue weighted by Gasteiger charge is 2.04. The Morgan fingerprint density at radius 1 is 1.15 bits per heavy atom. The van der Waals surface area contributed by atoms with E-state index in [9.17, 15) is 5.11 Å². The predicted molar refractivity (Wildman–Crippen MR) is 88.6 cm³/mol. The van der Waals surface area contributed by atoms with Gasteiger partial charge in [-0.3, -0.25) is 0 Å². The zero-order valence-electron chi connectivity index (χ0n) is 10.7. The summed E-state index contributed by atoms with van der Waals surface area (Å²) in [5.41, 5.74) is 1.55. The van der Waals surface area contributed by atoms with E-state index in [1.165, 1.54) is 7.11 Å². The molecule has 0 spiro atoms. The van der Waals surface area contributed by atoms with Crippen molar-refractivity contribution in [1.29, 1.82) is 0 Å². The van der Waals surface area contributed by atoms with Crippen molar-refractivity contribution >= 4 is 44.6 Å². The normalized spacial score (nSPS) is 9.90. The van der Waals surface area contributed by atoms with Crippen molar-refractivity contribution in [2.24, 2.45) is 0 Å². The zero-order chi connectivity index (χ0) is 14.5. The van der Waals surface area contributed by atoms with E-state index in [0.29, 0.717) is 16.5 Å². The molecule has 0 bridgehead atoms. The third-order valence-electron chi connectivity index (χ3n) is 2.52. The highest BCUT2D eigenvalue weighted by atomic mass is 79.9. The minimum Gasteiger partial charge on any atom is -0.504 e. The van der Waals surface area contributed by atoms with Gasteiger partial charge in [0, 0.05) is 21.9 Å². The minimum absolute atomic E-state index is 0.0581. The minimum atomic E-state index is 0.0581. The Bertz CT molecular complexity index is 634. The number of methoxy groups -OCH3 is 1. The van der Waals surface area contributed by atoms with Gasteiger partial charge in [-0.05, 0) is 42.5 Å². The maximum absolute atomic E-state index is 9.70. The van der Waals surface area contributed by atoms with Crippen LogP contribution in [0, 0.1) is 0 Å². The van der Waals surface area contributed by atoms with E-state index < -0.39 is 0 Å². The number of hydrogen-bond donors (Lipinski definition) is 3. The standard InChI is InChI=1S/C14H13BrN2O2S/c1-19-13-6-5-11(8-12(13)18)17-14(20)16-10-4-2-3-9(15)7-10/h2-8,18H,1H3,(H2,16,17,20). The first kappa shape index (κ1) is 14.6. The predicted octanol–water partition coefficient (Wildman–Crippen LogP) is 3.97. The molecule has 0 unspecified atom stereocenters. The molecule has 2 aromatic rings. The monoisotopic (exact) mass is 352 g/mol. The van der Waals surface area contributed by atoms with Gasteiger partial charge in [-0.25, -0.2) is 0 Å². The number of benzene rings is 2. The Balaban J connectivity index is 2.03. The smallest absolute Gasteiger partial charge is 0.175 e. The second-order valence-electron chi connectivity index (χ2n) is 3.98. The van der Waals surface area contributed by atoms with E-state index in [2.05, 4.69) is 26.6 Å². The van der Waals surface area contributed by atoms with Crippen molar-refractivity contribution < 1.29 is 9.84 Å². The zero-order valence-corrected chi connectivity index (χ0v) is 13.1. The Kier molecular flexibility index (Phi) is 4.81. The fourth-order valence-electron chi connectivity index (χ4n) is 1.63. The highest BCUT2D eigenvalue weighted by Crippen LogP contribution is 2.28. The molecule has 0 aliphatic rings. The third-order valence-corrected chi connectivity index (χ3v) is 3.22. The summed E-state index contributed by atoms with van der Waals surface area (Å²) >= 11 is 8.61. The summed E-state index contributed by atoms with van der Waals surface area (Å²) in [6.45, 7) is 0. The molecular formula is C14H13BrN2O2S. The van der Waals surface area contributed by atoms with E-state index in [-0.39, 0.29) is 5.75 Å². The summed E-state index contributed by atoms with van der Waals surface area (Å²) in [6.07, 6.45) is 0. The average molecular weight is 353 g/mol. The number of aromatic hydroxyl groups is 1. The summed E-state index contributed by atoms with van der Waals surface area (Å²) in [4.78, 5) is 0. The Morgan fingerprint density at radius 2 is 1.85 bits per heavy atom. The summed E-state index contributed by atoms with van der Waals surface area (Å²) in [5.74, 6) is 0.476. The molecule has 0 atom stereocenters. The van der Waals surface area contributed by atoms with Crippen molar-refractivity contribution in [2.75, 3.05) is 17.7 Å². The number of thiocarbonyl (C=S) groups is 1. The number of anilines is 2. The molecular weight excluding hydrogens is 340 g/mol. The summed E-state index contributed by atoms with van der Waals surface area (Å²) in [5, 5.41) is 16.2. The van der Waals surface area contributed by atoms with Gasteiger partial charge >= 0.3 is 0 Å². The fourth-order valence-corrected chi connectivity index (χ4v) is 2.26. The molecule has 104 valence electrons. The van der Waals surface area contributed by atoms with Gasteiger partial charge < -0.3 is 20.5 Å². The van der Waals surface area contributed by atoms with Crippen molar-refractivity contribution in [2.45, 2.75) is 0 Å². The Labute approximate surface area is 130 Å². The number of nitrogens with one attached hydrogen (secondary N) is 2. The molecule has 3 N–H and O–H groups in total. The molecule has 0 heterocycles. The van der Waals surface area contributed by atoms with E-state index in [0.717, 1.165) is 10.2 Å². The number of rotatable bonds is 3. The third kappa shape index (κ3) is 3.85. The average Bonchev–Trinajstić information content (AvgIpc) is 2.38. The van der Waals surface area contributed by atoms with Gasteiger partial charge in [-0.15, -0.1) is 0 Å². The number of ether oxygens (including phenoxy) is 1. The van der Waals surface area contributed by atoms with Gasteiger partial charge in [0.25, 0.3) is 0 Å². The van der Waals surface area contributed by atoms with Crippen LogP contribution in [-0.2, 0) is 0 Å². The molecule has 0 aliphatic carbocycles. The van der Waals surface area contributed by atoms with E-state index >= 15 is 0 Å². The van der Waals surface area contributed by atoms with Crippen molar-refractivity contribution in [1.82, 2.24) is 0 Å². The van der Waals surface area contributed by atoms with Crippen molar-refractivity contribution in [3.63, 3.8) is 0 Å². The van der Waals surface area contributed by atoms with Gasteiger partial charge in [-0.2, -0.15) is 0 Å². The fraction of sp³-hybridized carbons (Fsp3) is 0.0714. The molecule has 0 saturated heterocycles. The van der Waals surface area contributed by atoms with Crippen LogP contribution in [0.5, 0.6) is 11.5 Å². The van der Waals surface area contributed by atoms with Crippen molar-refractivity contribution in [3.05, 3.63) is 46.9 Å². The molecule has 2 rings (SSSR count). The molecule has 0 aromatic heterocycles. The second kappa shape index (κ2) is 6.58. The number of phenols is 1. The van der Waals surface area contributed by atoms with Crippen LogP contribution in [0.2, 0.25) is 0 Å². The van der Waals surface area contributed by atoms with Gasteiger partial charge in [0.15, 0.2) is 16.6 Å². The maximum Gasteiger partial charge on any atom is 0.175 e. The van der Waals surface area contributed by atoms with Gasteiger partial charge in [0.2, 0.25) is 0 Å². The van der Waals surface area contributed by atoms with Gasteiger partial charge in [0.05, 0.1) is 7.11 Å². The summed E-state index contributed by atoms with van der Waals surface area (Å²) in [7, 11) is 1.50. The van der Waals surface area contributed by atoms with Crippen LogP contribution in [0.25, 0.3) is 0 Å².